The molecule has 0 fully saturated rings. The Hall–Kier alpha value is -2.08. The zero-order valence-electron chi connectivity index (χ0n) is 11.6. The molecule has 0 radical (unpaired) electrons. The van der Waals surface area contributed by atoms with E-state index < -0.39 is 5.60 Å². The molecule has 0 saturated carbocycles. The SMILES string of the molecule is Cc1cc(CCCOC2(C#N)C=C(Cl)C=C(C#N)C2)on1. The van der Waals surface area contributed by atoms with Gasteiger partial charge in [0.05, 0.1) is 11.8 Å². The lowest BCUT2D eigenvalue weighted by Crippen LogP contribution is -2.31. The third-order valence-electron chi connectivity index (χ3n) is 3.07. The lowest BCUT2D eigenvalue weighted by atomic mass is 9.91. The summed E-state index contributed by atoms with van der Waals surface area (Å²) in [7, 11) is 0. The van der Waals surface area contributed by atoms with E-state index in [2.05, 4.69) is 11.2 Å². The van der Waals surface area contributed by atoms with Crippen LogP contribution in [-0.4, -0.2) is 17.4 Å². The van der Waals surface area contributed by atoms with Gasteiger partial charge >= 0.3 is 0 Å². The number of aromatic nitrogens is 1. The van der Waals surface area contributed by atoms with Crippen molar-refractivity contribution in [1.82, 2.24) is 5.16 Å². The predicted molar refractivity (Wildman–Crippen MR) is 76.1 cm³/mol. The molecule has 0 spiro atoms. The summed E-state index contributed by atoms with van der Waals surface area (Å²) < 4.78 is 10.8. The molecule has 0 saturated heterocycles. The molecule has 1 heterocycles. The standard InChI is InChI=1S/C15H14ClN3O2/c1-11-5-14(21-19-11)3-2-4-20-15(10-18)7-12(9-17)6-13(16)8-15/h5-6,8H,2-4,7H2,1H3. The Morgan fingerprint density at radius 2 is 2.33 bits per heavy atom. The minimum absolute atomic E-state index is 0.220. The maximum atomic E-state index is 9.35. The summed E-state index contributed by atoms with van der Waals surface area (Å²) in [6.45, 7) is 2.23. The zero-order chi connectivity index (χ0) is 15.3. The highest BCUT2D eigenvalue weighted by Crippen LogP contribution is 2.31. The highest BCUT2D eigenvalue weighted by Gasteiger charge is 2.33. The van der Waals surface area contributed by atoms with Gasteiger partial charge in [-0.2, -0.15) is 10.5 Å². The Morgan fingerprint density at radius 3 is 2.95 bits per heavy atom. The first-order valence-electron chi connectivity index (χ1n) is 6.53. The Bertz CT molecular complexity index is 663. The average molecular weight is 304 g/mol. The predicted octanol–water partition coefficient (Wildman–Crippen LogP) is 3.17. The molecular formula is C15H14ClN3O2. The topological polar surface area (TPSA) is 82.8 Å². The van der Waals surface area contributed by atoms with Crippen LogP contribution in [0.15, 0.2) is 33.3 Å². The molecular weight excluding hydrogens is 290 g/mol. The van der Waals surface area contributed by atoms with Gasteiger partial charge in [0.2, 0.25) is 0 Å². The molecule has 6 heteroatoms. The highest BCUT2D eigenvalue weighted by atomic mass is 35.5. The van der Waals surface area contributed by atoms with Crippen LogP contribution in [0.5, 0.6) is 0 Å². The van der Waals surface area contributed by atoms with Gasteiger partial charge in [0.15, 0.2) is 5.60 Å². The molecule has 0 amide bonds. The van der Waals surface area contributed by atoms with Crippen molar-refractivity contribution in [2.24, 2.45) is 0 Å². The minimum atomic E-state index is -1.16. The van der Waals surface area contributed by atoms with Gasteiger partial charge in [0.25, 0.3) is 0 Å². The molecule has 1 aliphatic carbocycles. The molecule has 0 aliphatic heterocycles. The number of ether oxygens (including phenoxy) is 1. The Balaban J connectivity index is 1.90. The monoisotopic (exact) mass is 303 g/mol. The summed E-state index contributed by atoms with van der Waals surface area (Å²) in [5.41, 5.74) is 0.119. The van der Waals surface area contributed by atoms with Crippen molar-refractivity contribution in [1.29, 1.82) is 10.5 Å². The van der Waals surface area contributed by atoms with E-state index in [9.17, 15) is 5.26 Å². The molecule has 5 nitrogen and oxygen atoms in total. The second-order valence-corrected chi connectivity index (χ2v) is 5.31. The van der Waals surface area contributed by atoms with Gasteiger partial charge in [0.1, 0.15) is 11.8 Å². The van der Waals surface area contributed by atoms with Gasteiger partial charge in [0, 0.05) is 36.1 Å². The maximum Gasteiger partial charge on any atom is 0.179 e. The van der Waals surface area contributed by atoms with Gasteiger partial charge < -0.3 is 9.26 Å². The smallest absolute Gasteiger partial charge is 0.179 e. The highest BCUT2D eigenvalue weighted by molar-refractivity contribution is 6.31. The second kappa shape index (κ2) is 6.58. The van der Waals surface area contributed by atoms with Crippen LogP contribution in [0.2, 0.25) is 0 Å². The van der Waals surface area contributed by atoms with Crippen LogP contribution in [0, 0.1) is 29.6 Å². The first-order valence-corrected chi connectivity index (χ1v) is 6.91. The number of nitriles is 2. The van der Waals surface area contributed by atoms with Gasteiger partial charge in [-0.1, -0.05) is 16.8 Å². The third-order valence-corrected chi connectivity index (χ3v) is 3.29. The van der Waals surface area contributed by atoms with E-state index in [1.54, 1.807) is 12.2 Å². The molecule has 0 N–H and O–H groups in total. The summed E-state index contributed by atoms with van der Waals surface area (Å²) in [6, 6.07) is 6.00. The zero-order valence-corrected chi connectivity index (χ0v) is 12.4. The maximum absolute atomic E-state index is 9.35. The van der Waals surface area contributed by atoms with E-state index >= 15 is 0 Å². The first kappa shape index (κ1) is 15.3. The van der Waals surface area contributed by atoms with Crippen molar-refractivity contribution in [3.63, 3.8) is 0 Å². The van der Waals surface area contributed by atoms with Crippen molar-refractivity contribution in [3.8, 4) is 12.1 Å². The van der Waals surface area contributed by atoms with Crippen LogP contribution in [0.1, 0.15) is 24.3 Å². The fraction of sp³-hybridized carbons (Fsp3) is 0.400. The van der Waals surface area contributed by atoms with Crippen molar-refractivity contribution < 1.29 is 9.26 Å². The largest absolute Gasteiger partial charge is 0.361 e. The van der Waals surface area contributed by atoms with Gasteiger partial charge in [-0.15, -0.1) is 0 Å². The van der Waals surface area contributed by atoms with E-state index in [-0.39, 0.29) is 6.42 Å². The minimum Gasteiger partial charge on any atom is -0.361 e. The lowest BCUT2D eigenvalue weighted by Gasteiger charge is -2.26. The van der Waals surface area contributed by atoms with Crippen molar-refractivity contribution in [2.45, 2.75) is 31.8 Å². The van der Waals surface area contributed by atoms with E-state index in [0.717, 1.165) is 11.5 Å². The number of aryl methyl sites for hydroxylation is 2. The Labute approximate surface area is 128 Å². The number of hydrogen-bond acceptors (Lipinski definition) is 5. The summed E-state index contributed by atoms with van der Waals surface area (Å²) >= 11 is 5.94. The Kier molecular flexibility index (Phi) is 4.80. The van der Waals surface area contributed by atoms with Crippen molar-refractivity contribution >= 4 is 11.6 Å². The average Bonchev–Trinajstić information content (AvgIpc) is 2.88. The van der Waals surface area contributed by atoms with Crippen LogP contribution in [0.4, 0.5) is 0 Å². The molecule has 1 atom stereocenters. The number of rotatable bonds is 5. The summed E-state index contributed by atoms with van der Waals surface area (Å²) in [6.07, 6.45) is 4.69. The van der Waals surface area contributed by atoms with Crippen LogP contribution >= 0.6 is 11.6 Å². The summed E-state index contributed by atoms with van der Waals surface area (Å²) in [5, 5.41) is 22.5. The molecule has 1 aliphatic rings. The molecule has 21 heavy (non-hydrogen) atoms. The molecule has 0 aromatic carbocycles. The van der Waals surface area contributed by atoms with Crippen LogP contribution in [-0.2, 0) is 11.2 Å². The van der Waals surface area contributed by atoms with Crippen LogP contribution in [0.3, 0.4) is 0 Å². The van der Waals surface area contributed by atoms with Gasteiger partial charge in [-0.05, 0) is 25.5 Å². The van der Waals surface area contributed by atoms with Gasteiger partial charge in [-0.3, -0.25) is 0 Å². The second-order valence-electron chi connectivity index (χ2n) is 4.88. The lowest BCUT2D eigenvalue weighted by molar-refractivity contribution is 0.0312. The van der Waals surface area contributed by atoms with E-state index in [1.807, 2.05) is 19.1 Å². The molecule has 0 bridgehead atoms. The quantitative estimate of drug-likeness (QED) is 0.780. The Morgan fingerprint density at radius 1 is 1.52 bits per heavy atom. The fourth-order valence-electron chi connectivity index (χ4n) is 2.12. The molecule has 1 aromatic rings. The first-order chi connectivity index (χ1) is 10.1. The van der Waals surface area contributed by atoms with Crippen molar-refractivity contribution in [3.05, 3.63) is 40.3 Å². The summed E-state index contributed by atoms with van der Waals surface area (Å²) in [5.74, 6) is 0.789. The van der Waals surface area contributed by atoms with E-state index in [4.69, 9.17) is 26.1 Å². The fourth-order valence-corrected chi connectivity index (χ4v) is 2.43. The number of allylic oxidation sites excluding steroid dienone is 2. The molecule has 1 unspecified atom stereocenters. The van der Waals surface area contributed by atoms with Gasteiger partial charge in [-0.25, -0.2) is 0 Å². The molecule has 108 valence electrons. The third kappa shape index (κ3) is 3.95. The molecule has 2 rings (SSSR count). The number of halogens is 1. The normalized spacial score (nSPS) is 21.1. The van der Waals surface area contributed by atoms with E-state index in [0.29, 0.717) is 30.1 Å². The molecule has 1 aromatic heterocycles. The van der Waals surface area contributed by atoms with Crippen molar-refractivity contribution in [2.75, 3.05) is 6.61 Å². The van der Waals surface area contributed by atoms with Crippen LogP contribution in [0.25, 0.3) is 0 Å². The number of nitrogens with zero attached hydrogens (tertiary/aromatic N) is 3. The van der Waals surface area contributed by atoms with E-state index in [1.165, 1.54) is 0 Å². The number of hydrogen-bond donors (Lipinski definition) is 0. The van der Waals surface area contributed by atoms with Crippen LogP contribution < -0.4 is 0 Å². The summed E-state index contributed by atoms with van der Waals surface area (Å²) in [4.78, 5) is 0.